The molecule has 2 aliphatic rings. The molecule has 4 rings (SSSR count). The highest BCUT2D eigenvalue weighted by molar-refractivity contribution is 8.26. The number of rotatable bonds is 8. The van der Waals surface area contributed by atoms with Crippen LogP contribution in [0.4, 0.5) is 5.82 Å². The molecule has 0 saturated carbocycles. The standard InChI is InChI=1S/C21H24N4O4S2/c1-28-10-5-9-25-20(27)16(31-21(25)30)12-15-18(22-13-14-6-4-11-29-14)23-17-7-2-3-8-24(17)19(15)26/h2-3,7-8,12,14,22H,4-6,9-11,13H2,1H3/b16-12+/t14-/m0/s1. The molecule has 0 radical (unpaired) electrons. The summed E-state index contributed by atoms with van der Waals surface area (Å²) in [7, 11) is 1.62. The van der Waals surface area contributed by atoms with Gasteiger partial charge in [-0.1, -0.05) is 30.0 Å². The first-order valence-electron chi connectivity index (χ1n) is 10.2. The van der Waals surface area contributed by atoms with E-state index in [1.54, 1.807) is 36.4 Å². The Bertz CT molecular complexity index is 1080. The third-order valence-electron chi connectivity index (χ3n) is 5.17. The summed E-state index contributed by atoms with van der Waals surface area (Å²) < 4.78 is 12.7. The van der Waals surface area contributed by atoms with Crippen LogP contribution < -0.4 is 10.9 Å². The number of ether oxygens (including phenoxy) is 2. The van der Waals surface area contributed by atoms with Gasteiger partial charge in [0.2, 0.25) is 0 Å². The van der Waals surface area contributed by atoms with E-state index in [4.69, 9.17) is 21.7 Å². The van der Waals surface area contributed by atoms with Gasteiger partial charge in [-0.15, -0.1) is 0 Å². The van der Waals surface area contributed by atoms with E-state index in [1.807, 2.05) is 6.07 Å². The first kappa shape index (κ1) is 21.9. The number of thioether (sulfide) groups is 1. The lowest BCUT2D eigenvalue weighted by Gasteiger charge is -2.14. The molecule has 8 nitrogen and oxygen atoms in total. The summed E-state index contributed by atoms with van der Waals surface area (Å²) in [5, 5.41) is 3.26. The SMILES string of the molecule is COCCCN1C(=O)/C(=C\c2c(NC[C@@H]3CCCO3)nc3ccccn3c2=O)SC1=S. The molecule has 2 fully saturated rings. The highest BCUT2D eigenvalue weighted by Gasteiger charge is 2.32. The average Bonchev–Trinajstić information content (AvgIpc) is 3.38. The van der Waals surface area contributed by atoms with Gasteiger partial charge in [0.1, 0.15) is 15.8 Å². The molecule has 164 valence electrons. The van der Waals surface area contributed by atoms with Gasteiger partial charge in [-0.2, -0.15) is 0 Å². The third-order valence-corrected chi connectivity index (χ3v) is 6.55. The minimum absolute atomic E-state index is 0.0860. The van der Waals surface area contributed by atoms with E-state index < -0.39 is 0 Å². The molecule has 1 amide bonds. The van der Waals surface area contributed by atoms with Gasteiger partial charge in [0.15, 0.2) is 0 Å². The molecule has 0 spiro atoms. The number of hydrogen-bond acceptors (Lipinski definition) is 8. The smallest absolute Gasteiger partial charge is 0.267 e. The van der Waals surface area contributed by atoms with Crippen LogP contribution in [0, 0.1) is 0 Å². The second-order valence-electron chi connectivity index (χ2n) is 7.30. The largest absolute Gasteiger partial charge is 0.385 e. The fraction of sp³-hybridized carbons (Fsp3) is 0.429. The summed E-state index contributed by atoms with van der Waals surface area (Å²) in [6, 6.07) is 5.38. The molecule has 2 aliphatic heterocycles. The third kappa shape index (κ3) is 4.82. The second kappa shape index (κ2) is 9.90. The highest BCUT2D eigenvalue weighted by Crippen LogP contribution is 2.33. The fourth-order valence-electron chi connectivity index (χ4n) is 3.57. The van der Waals surface area contributed by atoms with E-state index in [-0.39, 0.29) is 17.6 Å². The van der Waals surface area contributed by atoms with Gasteiger partial charge in [0.05, 0.1) is 16.6 Å². The number of amides is 1. The van der Waals surface area contributed by atoms with E-state index in [0.29, 0.717) is 52.4 Å². The molecule has 0 aliphatic carbocycles. The molecule has 0 aromatic carbocycles. The summed E-state index contributed by atoms with van der Waals surface area (Å²) in [5.74, 6) is 0.241. The molecule has 0 unspecified atom stereocenters. The summed E-state index contributed by atoms with van der Waals surface area (Å²) in [5.41, 5.74) is 0.621. The molecule has 31 heavy (non-hydrogen) atoms. The van der Waals surface area contributed by atoms with Crippen LogP contribution in [0.1, 0.15) is 24.8 Å². The van der Waals surface area contributed by atoms with Crippen molar-refractivity contribution in [3.05, 3.63) is 45.2 Å². The minimum atomic E-state index is -0.245. The van der Waals surface area contributed by atoms with Crippen LogP contribution in [0.5, 0.6) is 0 Å². The number of anilines is 1. The van der Waals surface area contributed by atoms with Crippen molar-refractivity contribution in [2.75, 3.05) is 38.7 Å². The molecular formula is C21H24N4O4S2. The van der Waals surface area contributed by atoms with Crippen LogP contribution in [0.3, 0.4) is 0 Å². The zero-order valence-electron chi connectivity index (χ0n) is 17.2. The number of carbonyl (C=O) groups excluding carboxylic acids is 1. The predicted molar refractivity (Wildman–Crippen MR) is 125 cm³/mol. The quantitative estimate of drug-likeness (QED) is 0.366. The number of nitrogens with zero attached hydrogens (tertiary/aromatic N) is 3. The number of fused-ring (bicyclic) bond motifs is 1. The van der Waals surface area contributed by atoms with E-state index in [9.17, 15) is 9.59 Å². The van der Waals surface area contributed by atoms with Gasteiger partial charge in [-0.3, -0.25) is 18.9 Å². The Labute approximate surface area is 189 Å². The van der Waals surface area contributed by atoms with Crippen LogP contribution in [0.2, 0.25) is 0 Å². The summed E-state index contributed by atoms with van der Waals surface area (Å²) >= 11 is 6.58. The number of aromatic nitrogens is 2. The Morgan fingerprint density at radius 1 is 1.42 bits per heavy atom. The van der Waals surface area contributed by atoms with Crippen LogP contribution in [-0.4, -0.2) is 64.0 Å². The lowest BCUT2D eigenvalue weighted by atomic mass is 10.2. The van der Waals surface area contributed by atoms with Gasteiger partial charge in [-0.25, -0.2) is 4.98 Å². The molecule has 4 heterocycles. The molecule has 2 saturated heterocycles. The highest BCUT2D eigenvalue weighted by atomic mass is 32.2. The minimum Gasteiger partial charge on any atom is -0.385 e. The van der Waals surface area contributed by atoms with Crippen molar-refractivity contribution < 1.29 is 14.3 Å². The zero-order valence-corrected chi connectivity index (χ0v) is 18.8. The Morgan fingerprint density at radius 3 is 3.06 bits per heavy atom. The normalized spacial score (nSPS) is 20.4. The van der Waals surface area contributed by atoms with E-state index >= 15 is 0 Å². The van der Waals surface area contributed by atoms with E-state index in [1.165, 1.54) is 16.2 Å². The fourth-order valence-corrected chi connectivity index (χ4v) is 4.86. The van der Waals surface area contributed by atoms with Crippen LogP contribution in [0.25, 0.3) is 11.7 Å². The maximum atomic E-state index is 13.2. The van der Waals surface area contributed by atoms with Crippen molar-refractivity contribution in [2.24, 2.45) is 0 Å². The number of hydrogen-bond donors (Lipinski definition) is 1. The van der Waals surface area contributed by atoms with Gasteiger partial charge in [0.25, 0.3) is 11.5 Å². The van der Waals surface area contributed by atoms with Crippen molar-refractivity contribution >= 4 is 51.7 Å². The predicted octanol–water partition coefficient (Wildman–Crippen LogP) is 2.52. The van der Waals surface area contributed by atoms with Gasteiger partial charge in [-0.05, 0) is 37.5 Å². The van der Waals surface area contributed by atoms with E-state index in [0.717, 1.165) is 19.4 Å². The van der Waals surface area contributed by atoms with Gasteiger partial charge in [0, 0.05) is 39.6 Å². The molecule has 10 heteroatoms. The second-order valence-corrected chi connectivity index (χ2v) is 8.98. The van der Waals surface area contributed by atoms with Crippen LogP contribution in [-0.2, 0) is 14.3 Å². The van der Waals surface area contributed by atoms with E-state index in [2.05, 4.69) is 10.3 Å². The maximum absolute atomic E-state index is 13.2. The van der Waals surface area contributed by atoms with Crippen LogP contribution >= 0.6 is 24.0 Å². The lowest BCUT2D eigenvalue weighted by Crippen LogP contribution is -2.29. The van der Waals surface area contributed by atoms with Crippen molar-refractivity contribution in [1.29, 1.82) is 0 Å². The number of methoxy groups -OCH3 is 1. The summed E-state index contributed by atoms with van der Waals surface area (Å²) in [4.78, 5) is 32.7. The molecular weight excluding hydrogens is 436 g/mol. The first-order chi connectivity index (χ1) is 15.1. The molecule has 2 aromatic heterocycles. The molecule has 0 bridgehead atoms. The number of pyridine rings is 1. The number of nitrogens with one attached hydrogen (secondary N) is 1. The van der Waals surface area contributed by atoms with Gasteiger partial charge < -0.3 is 14.8 Å². The topological polar surface area (TPSA) is 85.2 Å². The monoisotopic (exact) mass is 460 g/mol. The Hall–Kier alpha value is -2.27. The maximum Gasteiger partial charge on any atom is 0.267 e. The van der Waals surface area contributed by atoms with Crippen molar-refractivity contribution in [3.63, 3.8) is 0 Å². The Balaban J connectivity index is 1.67. The number of thiocarbonyl (C=S) groups is 1. The lowest BCUT2D eigenvalue weighted by molar-refractivity contribution is -0.122. The van der Waals surface area contributed by atoms with Gasteiger partial charge >= 0.3 is 0 Å². The molecule has 2 aromatic rings. The van der Waals surface area contributed by atoms with Crippen LogP contribution in [0.15, 0.2) is 34.1 Å². The first-order valence-corrected chi connectivity index (χ1v) is 11.4. The summed E-state index contributed by atoms with van der Waals surface area (Å²) in [6.45, 7) is 2.32. The molecule has 1 atom stereocenters. The summed E-state index contributed by atoms with van der Waals surface area (Å²) in [6.07, 6.45) is 6.03. The van der Waals surface area contributed by atoms with Crippen molar-refractivity contribution in [2.45, 2.75) is 25.4 Å². The Kier molecular flexibility index (Phi) is 7.01. The zero-order chi connectivity index (χ0) is 21.8. The average molecular weight is 461 g/mol. The van der Waals surface area contributed by atoms with Crippen molar-refractivity contribution in [3.8, 4) is 0 Å². The Morgan fingerprint density at radius 2 is 2.29 bits per heavy atom. The molecule has 1 N–H and O–H groups in total. The number of carbonyl (C=O) groups is 1. The van der Waals surface area contributed by atoms with Crippen molar-refractivity contribution in [1.82, 2.24) is 14.3 Å².